The molecule has 0 fully saturated rings. The van der Waals surface area contributed by atoms with E-state index in [-0.39, 0.29) is 0 Å². The van der Waals surface area contributed by atoms with Crippen LogP contribution < -0.4 is 0 Å². The second-order valence-electron chi connectivity index (χ2n) is 1.68. The molecule has 0 aromatic heterocycles. The van der Waals surface area contributed by atoms with Crippen LogP contribution in [0.4, 0.5) is 0 Å². The van der Waals surface area contributed by atoms with Crippen molar-refractivity contribution in [3.63, 3.8) is 0 Å². The van der Waals surface area contributed by atoms with Crippen molar-refractivity contribution >= 4 is 90.4 Å². The summed E-state index contributed by atoms with van der Waals surface area (Å²) in [6.45, 7) is 0. The average molecular weight is 582 g/mol. The number of hydrogen-bond donors (Lipinski definition) is 0. The predicted octanol–water partition coefficient (Wildman–Crippen LogP) is 4.11. The van der Waals surface area contributed by atoms with Gasteiger partial charge in [-0.15, -0.1) is 0 Å². The molecule has 0 saturated heterocycles. The Bertz CT molecular complexity index is 233. The molecule has 0 nitrogen and oxygen atoms in total. The Morgan fingerprint density at radius 1 is 0.800 bits per heavy atom. The molecule has 0 bridgehead atoms. The van der Waals surface area contributed by atoms with Crippen LogP contribution >= 0.6 is 90.4 Å². The first-order chi connectivity index (χ1) is 4.61. The lowest BCUT2D eigenvalue weighted by Crippen LogP contribution is -1.85. The normalized spacial score (nSPS) is 10.0. The van der Waals surface area contributed by atoms with Gasteiger partial charge in [-0.05, 0) is 102 Å². The molecular formula is C6H2I4. The molecule has 0 aliphatic carbocycles. The molecule has 1 rings (SSSR count). The summed E-state index contributed by atoms with van der Waals surface area (Å²) in [4.78, 5) is 0. The van der Waals surface area contributed by atoms with Crippen molar-refractivity contribution in [3.05, 3.63) is 26.4 Å². The largest absolute Gasteiger partial charge is 0.0442 e. The number of hydrogen-bond acceptors (Lipinski definition) is 0. The molecule has 0 atom stereocenters. The minimum absolute atomic E-state index is 1.31. The van der Waals surface area contributed by atoms with Crippen LogP contribution in [0, 0.1) is 14.3 Å². The van der Waals surface area contributed by atoms with Gasteiger partial charge in [0.05, 0.1) is 0 Å². The lowest BCUT2D eigenvalue weighted by molar-refractivity contribution is 1.49. The molecule has 0 unspecified atom stereocenters. The van der Waals surface area contributed by atoms with Crippen LogP contribution in [0.1, 0.15) is 0 Å². The van der Waals surface area contributed by atoms with Gasteiger partial charge in [0.15, 0.2) is 0 Å². The van der Waals surface area contributed by atoms with Gasteiger partial charge in [-0.3, -0.25) is 0 Å². The van der Waals surface area contributed by atoms with Crippen LogP contribution in [-0.2, 0) is 0 Å². The SMILES string of the molecule is Ic1cc(I)c(I)c(I)c1. The highest BCUT2D eigenvalue weighted by Crippen LogP contribution is 2.23. The summed E-state index contributed by atoms with van der Waals surface area (Å²) >= 11 is 9.42. The van der Waals surface area contributed by atoms with Crippen LogP contribution in [0.15, 0.2) is 12.1 Å². The molecule has 0 spiro atoms. The molecule has 1 aromatic carbocycles. The van der Waals surface area contributed by atoms with E-state index < -0.39 is 0 Å². The van der Waals surface area contributed by atoms with Gasteiger partial charge in [-0.2, -0.15) is 0 Å². The molecule has 0 aliphatic rings. The third-order valence-corrected chi connectivity index (χ3v) is 6.50. The minimum Gasteiger partial charge on any atom is -0.0442 e. The highest BCUT2D eigenvalue weighted by Gasteiger charge is 2.01. The third-order valence-electron chi connectivity index (χ3n) is 0.949. The van der Waals surface area contributed by atoms with Crippen LogP contribution in [-0.4, -0.2) is 0 Å². The molecule has 4 heteroatoms. The van der Waals surface area contributed by atoms with Crippen molar-refractivity contribution in [3.8, 4) is 0 Å². The maximum Gasteiger partial charge on any atom is 0.0398 e. The summed E-state index contributed by atoms with van der Waals surface area (Å²) < 4.78 is 5.36. The van der Waals surface area contributed by atoms with Crippen LogP contribution in [0.25, 0.3) is 0 Å². The van der Waals surface area contributed by atoms with E-state index in [1.165, 1.54) is 14.3 Å². The lowest BCUT2D eigenvalue weighted by Gasteiger charge is -1.99. The summed E-state index contributed by atoms with van der Waals surface area (Å²) in [5.41, 5.74) is 0. The van der Waals surface area contributed by atoms with Gasteiger partial charge < -0.3 is 0 Å². The number of rotatable bonds is 0. The van der Waals surface area contributed by atoms with Crippen LogP contribution in [0.3, 0.4) is 0 Å². The van der Waals surface area contributed by atoms with E-state index in [4.69, 9.17) is 0 Å². The van der Waals surface area contributed by atoms with E-state index in [0.717, 1.165) is 0 Å². The monoisotopic (exact) mass is 582 g/mol. The van der Waals surface area contributed by atoms with E-state index in [9.17, 15) is 0 Å². The zero-order valence-corrected chi connectivity index (χ0v) is 13.3. The zero-order valence-electron chi connectivity index (χ0n) is 4.67. The second-order valence-corrected chi connectivity index (χ2v) is 6.33. The average Bonchev–Trinajstić information content (AvgIpc) is 1.82. The van der Waals surface area contributed by atoms with Crippen molar-refractivity contribution in [1.29, 1.82) is 0 Å². The van der Waals surface area contributed by atoms with E-state index in [0.29, 0.717) is 0 Å². The van der Waals surface area contributed by atoms with Crippen molar-refractivity contribution in [2.75, 3.05) is 0 Å². The smallest absolute Gasteiger partial charge is 0.0398 e. The van der Waals surface area contributed by atoms with Crippen molar-refractivity contribution in [1.82, 2.24) is 0 Å². The van der Waals surface area contributed by atoms with Gasteiger partial charge in [0, 0.05) is 14.3 Å². The number of halogens is 4. The minimum atomic E-state index is 1.31. The molecule has 10 heavy (non-hydrogen) atoms. The molecule has 0 radical (unpaired) electrons. The Morgan fingerprint density at radius 3 is 1.60 bits per heavy atom. The van der Waals surface area contributed by atoms with Crippen molar-refractivity contribution in [2.24, 2.45) is 0 Å². The Balaban J connectivity index is 3.31. The predicted molar refractivity (Wildman–Crippen MR) is 77.3 cm³/mol. The fraction of sp³-hybridized carbons (Fsp3) is 0. The molecular weight excluding hydrogens is 580 g/mol. The third kappa shape index (κ3) is 2.57. The second kappa shape index (κ2) is 4.40. The van der Waals surface area contributed by atoms with E-state index in [1.807, 2.05) is 0 Å². The molecule has 0 N–H and O–H groups in total. The van der Waals surface area contributed by atoms with Gasteiger partial charge in [0.2, 0.25) is 0 Å². The van der Waals surface area contributed by atoms with Crippen molar-refractivity contribution in [2.45, 2.75) is 0 Å². The lowest BCUT2D eigenvalue weighted by atomic mass is 10.4. The maximum atomic E-state index is 2.37. The highest BCUT2D eigenvalue weighted by molar-refractivity contribution is 14.1. The Kier molecular flexibility index (Phi) is 4.49. The first kappa shape index (κ1) is 10.2. The number of benzene rings is 1. The summed E-state index contributed by atoms with van der Waals surface area (Å²) in [5.74, 6) is 0. The van der Waals surface area contributed by atoms with E-state index >= 15 is 0 Å². The van der Waals surface area contributed by atoms with E-state index in [1.54, 1.807) is 0 Å². The molecule has 0 heterocycles. The van der Waals surface area contributed by atoms with Gasteiger partial charge in [-0.25, -0.2) is 0 Å². The molecule has 0 aliphatic heterocycles. The standard InChI is InChI=1S/C6H2I4/c7-3-1-4(8)6(10)5(9)2-3/h1-2H. The fourth-order valence-electron chi connectivity index (χ4n) is 0.525. The highest BCUT2D eigenvalue weighted by atomic mass is 127. The van der Waals surface area contributed by atoms with Gasteiger partial charge in [0.25, 0.3) is 0 Å². The topological polar surface area (TPSA) is 0 Å². The first-order valence-electron chi connectivity index (χ1n) is 2.41. The molecule has 54 valence electrons. The van der Waals surface area contributed by atoms with Gasteiger partial charge in [0.1, 0.15) is 0 Å². The van der Waals surface area contributed by atoms with Gasteiger partial charge >= 0.3 is 0 Å². The van der Waals surface area contributed by atoms with Crippen molar-refractivity contribution < 1.29 is 0 Å². The zero-order chi connectivity index (χ0) is 7.72. The summed E-state index contributed by atoms with van der Waals surface area (Å²) in [6.07, 6.45) is 0. The Labute approximate surface area is 114 Å². The Morgan fingerprint density at radius 2 is 1.20 bits per heavy atom. The Hall–Kier alpha value is 2.14. The maximum absolute atomic E-state index is 2.37. The summed E-state index contributed by atoms with van der Waals surface area (Å²) in [6, 6.07) is 4.37. The van der Waals surface area contributed by atoms with E-state index in [2.05, 4.69) is 102 Å². The molecule has 0 saturated carbocycles. The summed E-state index contributed by atoms with van der Waals surface area (Å²) in [7, 11) is 0. The molecule has 1 aromatic rings. The van der Waals surface area contributed by atoms with Gasteiger partial charge in [-0.1, -0.05) is 0 Å². The molecule has 0 amide bonds. The summed E-state index contributed by atoms with van der Waals surface area (Å²) in [5, 5.41) is 0. The quantitative estimate of drug-likeness (QED) is 0.246. The first-order valence-corrected chi connectivity index (χ1v) is 6.73. The fourth-order valence-corrected chi connectivity index (χ4v) is 4.42. The van der Waals surface area contributed by atoms with Crippen LogP contribution in [0.5, 0.6) is 0 Å². The van der Waals surface area contributed by atoms with Crippen LogP contribution in [0.2, 0.25) is 0 Å².